The van der Waals surface area contributed by atoms with Crippen LogP contribution in [0.1, 0.15) is 42.0 Å². The van der Waals surface area contributed by atoms with Crippen molar-refractivity contribution in [3.63, 3.8) is 0 Å². The van der Waals surface area contributed by atoms with Crippen LogP contribution in [0.2, 0.25) is 0 Å². The molecule has 1 aliphatic carbocycles. The molecule has 1 atom stereocenters. The summed E-state index contributed by atoms with van der Waals surface area (Å²) in [5, 5.41) is 0. The van der Waals surface area contributed by atoms with Crippen LogP contribution in [0.3, 0.4) is 0 Å². The predicted octanol–water partition coefficient (Wildman–Crippen LogP) is 5.52. The second-order valence-corrected chi connectivity index (χ2v) is 11.1. The minimum atomic E-state index is -0.317. The third-order valence-corrected chi connectivity index (χ3v) is 8.69. The van der Waals surface area contributed by atoms with Crippen LogP contribution >= 0.6 is 11.3 Å². The van der Waals surface area contributed by atoms with Gasteiger partial charge in [0.2, 0.25) is 0 Å². The molecule has 0 N–H and O–H groups in total. The number of methoxy groups -OCH3 is 4. The Morgan fingerprint density at radius 1 is 0.786 bits per heavy atom. The van der Waals surface area contributed by atoms with Crippen molar-refractivity contribution in [2.75, 3.05) is 28.4 Å². The van der Waals surface area contributed by atoms with Gasteiger partial charge in [-0.05, 0) is 83.5 Å². The van der Waals surface area contributed by atoms with Gasteiger partial charge in [-0.1, -0.05) is 53.8 Å². The van der Waals surface area contributed by atoms with Crippen LogP contribution in [0.5, 0.6) is 23.0 Å². The summed E-state index contributed by atoms with van der Waals surface area (Å²) in [4.78, 5) is 19.9. The van der Waals surface area contributed by atoms with E-state index in [-0.39, 0.29) is 11.6 Å². The van der Waals surface area contributed by atoms with Gasteiger partial charge in [0, 0.05) is 0 Å². The number of hydrogen-bond acceptors (Lipinski definition) is 7. The normalized spacial score (nSPS) is 17.4. The summed E-state index contributed by atoms with van der Waals surface area (Å²) in [6.45, 7) is 0. The molecule has 0 radical (unpaired) electrons. The summed E-state index contributed by atoms with van der Waals surface area (Å²) in [6, 6.07) is 21.4. The van der Waals surface area contributed by atoms with E-state index in [1.807, 2.05) is 77.4 Å². The van der Waals surface area contributed by atoms with Crippen molar-refractivity contribution in [3.05, 3.63) is 120 Å². The van der Waals surface area contributed by atoms with E-state index in [9.17, 15) is 4.79 Å². The lowest BCUT2D eigenvalue weighted by molar-refractivity contribution is 0.354. The zero-order valence-electron chi connectivity index (χ0n) is 24.0. The first-order chi connectivity index (χ1) is 20.5. The molecule has 1 aromatic heterocycles. The molecule has 0 fully saturated rings. The summed E-state index contributed by atoms with van der Waals surface area (Å²) >= 11 is 1.42. The van der Waals surface area contributed by atoms with Crippen molar-refractivity contribution >= 4 is 23.5 Å². The van der Waals surface area contributed by atoms with Gasteiger partial charge in [0.25, 0.3) is 5.56 Å². The standard InChI is InChI=1S/C34H32N2O5S/c1-38-26-15-13-22(18-28(26)40-3)17-23-11-8-12-25-31(23)35-34-36(32(25)24-14-16-27(39-2)29(20-24)41-4)33(37)30(42-34)19-21-9-6-5-7-10-21/h5-7,9-10,13-20,32H,8,11-12H2,1-4H3/b23-17+,30-19-. The third kappa shape index (κ3) is 5.03. The largest absolute Gasteiger partial charge is 0.493 e. The van der Waals surface area contributed by atoms with Gasteiger partial charge in [-0.3, -0.25) is 9.36 Å². The smallest absolute Gasteiger partial charge is 0.271 e. The molecule has 0 saturated carbocycles. The van der Waals surface area contributed by atoms with Gasteiger partial charge in [0.05, 0.1) is 44.7 Å². The Balaban J connectivity index is 1.57. The Bertz CT molecular complexity index is 1890. The Labute approximate surface area is 248 Å². The SMILES string of the molecule is COc1ccc(/C=C2\CCCC3=C2N=c2s/c(=C\c4ccccc4)c(=O)n2C3c2ccc(OC)c(OC)c2)cc1OC. The van der Waals surface area contributed by atoms with Crippen molar-refractivity contribution in [1.82, 2.24) is 4.57 Å². The first-order valence-electron chi connectivity index (χ1n) is 13.8. The van der Waals surface area contributed by atoms with Gasteiger partial charge in [0.1, 0.15) is 0 Å². The highest BCUT2D eigenvalue weighted by atomic mass is 32.1. The molecular weight excluding hydrogens is 548 g/mol. The number of nitrogens with zero attached hydrogens (tertiary/aromatic N) is 2. The lowest BCUT2D eigenvalue weighted by Crippen LogP contribution is -2.39. The fourth-order valence-electron chi connectivity index (χ4n) is 5.72. The summed E-state index contributed by atoms with van der Waals surface area (Å²) in [5.41, 5.74) is 6.08. The number of allylic oxidation sites excluding steroid dienone is 2. The van der Waals surface area contributed by atoms with E-state index in [0.717, 1.165) is 52.8 Å². The maximum absolute atomic E-state index is 14.0. The molecule has 214 valence electrons. The Kier molecular flexibility index (Phi) is 7.71. The fraction of sp³-hybridized carbons (Fsp3) is 0.235. The molecular formula is C34H32N2O5S. The van der Waals surface area contributed by atoms with Crippen molar-refractivity contribution < 1.29 is 18.9 Å². The number of rotatable bonds is 7. The highest BCUT2D eigenvalue weighted by Crippen LogP contribution is 2.43. The minimum absolute atomic E-state index is 0.0510. The number of benzene rings is 3. The van der Waals surface area contributed by atoms with Crippen LogP contribution in [0.25, 0.3) is 12.2 Å². The monoisotopic (exact) mass is 580 g/mol. The van der Waals surface area contributed by atoms with E-state index in [0.29, 0.717) is 32.3 Å². The van der Waals surface area contributed by atoms with E-state index in [2.05, 4.69) is 6.08 Å². The van der Waals surface area contributed by atoms with Crippen LogP contribution in [0.15, 0.2) is 93.4 Å². The Morgan fingerprint density at radius 3 is 2.19 bits per heavy atom. The van der Waals surface area contributed by atoms with Gasteiger partial charge >= 0.3 is 0 Å². The molecule has 2 heterocycles. The maximum Gasteiger partial charge on any atom is 0.271 e. The summed E-state index contributed by atoms with van der Waals surface area (Å²) < 4.78 is 24.6. The van der Waals surface area contributed by atoms with Crippen molar-refractivity contribution in [2.24, 2.45) is 4.99 Å². The van der Waals surface area contributed by atoms with E-state index < -0.39 is 0 Å². The Hall–Kier alpha value is -4.56. The maximum atomic E-state index is 14.0. The van der Waals surface area contributed by atoms with Crippen LogP contribution in [0.4, 0.5) is 0 Å². The lowest BCUT2D eigenvalue weighted by atomic mass is 9.83. The van der Waals surface area contributed by atoms with E-state index >= 15 is 0 Å². The summed E-state index contributed by atoms with van der Waals surface area (Å²) in [5.74, 6) is 2.62. The average molecular weight is 581 g/mol. The van der Waals surface area contributed by atoms with Crippen LogP contribution in [-0.2, 0) is 0 Å². The van der Waals surface area contributed by atoms with E-state index in [1.54, 1.807) is 28.4 Å². The van der Waals surface area contributed by atoms with Crippen LogP contribution in [0, 0.1) is 0 Å². The molecule has 4 aromatic rings. The zero-order chi connectivity index (χ0) is 29.2. The number of fused-ring (bicyclic) bond motifs is 1. The number of ether oxygens (including phenoxy) is 4. The molecule has 0 saturated heterocycles. The van der Waals surface area contributed by atoms with E-state index in [4.69, 9.17) is 23.9 Å². The van der Waals surface area contributed by atoms with Crippen molar-refractivity contribution in [1.29, 1.82) is 0 Å². The fourth-order valence-corrected chi connectivity index (χ4v) is 6.73. The molecule has 3 aromatic carbocycles. The number of thiazole rings is 1. The second-order valence-electron chi connectivity index (χ2n) is 10.1. The number of hydrogen-bond donors (Lipinski definition) is 0. The van der Waals surface area contributed by atoms with E-state index in [1.165, 1.54) is 11.3 Å². The van der Waals surface area contributed by atoms with Gasteiger partial charge < -0.3 is 18.9 Å². The molecule has 7 nitrogen and oxygen atoms in total. The highest BCUT2D eigenvalue weighted by molar-refractivity contribution is 7.07. The minimum Gasteiger partial charge on any atom is -0.493 e. The molecule has 1 aliphatic heterocycles. The Morgan fingerprint density at radius 2 is 1.48 bits per heavy atom. The topological polar surface area (TPSA) is 71.3 Å². The quantitative estimate of drug-likeness (QED) is 0.288. The van der Waals surface area contributed by atoms with Gasteiger partial charge in [0.15, 0.2) is 27.8 Å². The molecule has 0 spiro atoms. The number of aromatic nitrogens is 1. The molecule has 6 rings (SSSR count). The molecule has 1 unspecified atom stereocenters. The lowest BCUT2D eigenvalue weighted by Gasteiger charge is -2.31. The van der Waals surface area contributed by atoms with Crippen molar-refractivity contribution in [2.45, 2.75) is 25.3 Å². The highest BCUT2D eigenvalue weighted by Gasteiger charge is 2.33. The first kappa shape index (κ1) is 27.6. The molecule has 0 bridgehead atoms. The van der Waals surface area contributed by atoms with Crippen LogP contribution in [-0.4, -0.2) is 33.0 Å². The third-order valence-electron chi connectivity index (χ3n) is 7.70. The molecule has 8 heteroatoms. The second kappa shape index (κ2) is 11.7. The predicted molar refractivity (Wildman–Crippen MR) is 165 cm³/mol. The molecule has 0 amide bonds. The molecule has 42 heavy (non-hydrogen) atoms. The van der Waals surface area contributed by atoms with Gasteiger partial charge in [-0.25, -0.2) is 4.99 Å². The summed E-state index contributed by atoms with van der Waals surface area (Å²) in [6.07, 6.45) is 6.78. The van der Waals surface area contributed by atoms with Gasteiger partial charge in [-0.15, -0.1) is 0 Å². The average Bonchev–Trinajstić information content (AvgIpc) is 3.34. The van der Waals surface area contributed by atoms with Crippen LogP contribution < -0.4 is 33.8 Å². The first-order valence-corrected chi connectivity index (χ1v) is 14.6. The summed E-state index contributed by atoms with van der Waals surface area (Å²) in [7, 11) is 6.52. The van der Waals surface area contributed by atoms with Crippen molar-refractivity contribution in [3.8, 4) is 23.0 Å². The molecule has 2 aliphatic rings. The zero-order valence-corrected chi connectivity index (χ0v) is 24.9. The van der Waals surface area contributed by atoms with Gasteiger partial charge in [-0.2, -0.15) is 0 Å².